The topological polar surface area (TPSA) is 9.23 Å². The van der Waals surface area contributed by atoms with Crippen molar-refractivity contribution >= 4 is 14.9 Å². The summed E-state index contributed by atoms with van der Waals surface area (Å²) in [6.45, 7) is 7.41. The quantitative estimate of drug-likeness (QED) is 0.520. The summed E-state index contributed by atoms with van der Waals surface area (Å²) in [6.07, 6.45) is 1.12. The Hall–Kier alpha value is -0.603. The maximum atomic E-state index is 5.67. The van der Waals surface area contributed by atoms with Crippen LogP contribution in [0.5, 0.6) is 0 Å². The van der Waals surface area contributed by atoms with E-state index in [-0.39, 0.29) is 0 Å². The van der Waals surface area contributed by atoms with Crippen molar-refractivity contribution in [1.29, 1.82) is 0 Å². The molecule has 0 fully saturated rings. The molecule has 2 heteroatoms. The molecule has 0 saturated carbocycles. The van der Waals surface area contributed by atoms with E-state index in [9.17, 15) is 0 Å². The van der Waals surface area contributed by atoms with E-state index in [0.717, 1.165) is 13.0 Å². The van der Waals surface area contributed by atoms with Gasteiger partial charge in [0, 0.05) is 6.61 Å². The number of aryl methyl sites for hydroxylation is 2. The molecule has 0 aliphatic rings. The lowest BCUT2D eigenvalue weighted by atomic mass is 10.2. The fourth-order valence-electron chi connectivity index (χ4n) is 1.40. The maximum absolute atomic E-state index is 5.67. The molecule has 0 atom stereocenters. The summed E-state index contributed by atoms with van der Waals surface area (Å²) < 4.78 is 5.67. The molecule has 0 aromatic heterocycles. The van der Waals surface area contributed by atoms with Crippen molar-refractivity contribution in [3.05, 3.63) is 29.3 Å². The van der Waals surface area contributed by atoms with Crippen molar-refractivity contribution < 1.29 is 4.43 Å². The second kappa shape index (κ2) is 5.20. The lowest BCUT2D eigenvalue weighted by molar-refractivity contribution is 0.341. The van der Waals surface area contributed by atoms with E-state index in [2.05, 4.69) is 39.0 Å². The Balaban J connectivity index is 2.64. The first-order valence-electron chi connectivity index (χ1n) is 4.88. The molecule has 0 spiro atoms. The average molecular weight is 194 g/mol. The van der Waals surface area contributed by atoms with Crippen LogP contribution < -0.4 is 5.19 Å². The number of benzene rings is 1. The smallest absolute Gasteiger partial charge is 0.192 e. The van der Waals surface area contributed by atoms with Gasteiger partial charge in [-0.05, 0) is 36.6 Å². The molecule has 72 valence electrons. The van der Waals surface area contributed by atoms with Crippen LogP contribution in [-0.4, -0.2) is 16.4 Å². The molecule has 1 aromatic rings. The predicted molar refractivity (Wildman–Crippen MR) is 60.3 cm³/mol. The molecule has 1 rings (SSSR count). The van der Waals surface area contributed by atoms with Crippen molar-refractivity contribution in [2.24, 2.45) is 0 Å². The van der Waals surface area contributed by atoms with E-state index in [1.165, 1.54) is 16.3 Å². The molecule has 0 aliphatic heterocycles. The fraction of sp³-hybridized carbons (Fsp3) is 0.455. The summed E-state index contributed by atoms with van der Waals surface area (Å²) >= 11 is 0. The SMILES string of the molecule is CCCO[SiH2]c1c(C)cccc1C. The van der Waals surface area contributed by atoms with Crippen LogP contribution in [0.1, 0.15) is 24.5 Å². The Morgan fingerprint density at radius 3 is 2.38 bits per heavy atom. The molecule has 0 aliphatic carbocycles. The van der Waals surface area contributed by atoms with E-state index in [1.807, 2.05) is 0 Å². The minimum absolute atomic E-state index is 0.480. The third kappa shape index (κ3) is 2.97. The molecular formula is C11H18OSi. The lowest BCUT2D eigenvalue weighted by Gasteiger charge is -2.08. The predicted octanol–water partition coefficient (Wildman–Crippen LogP) is 1.44. The Morgan fingerprint density at radius 1 is 1.23 bits per heavy atom. The Bertz CT molecular complexity index is 251. The van der Waals surface area contributed by atoms with Crippen LogP contribution in [0.15, 0.2) is 18.2 Å². The summed E-state index contributed by atoms with van der Waals surface area (Å²) in [5.74, 6) is 0. The van der Waals surface area contributed by atoms with Crippen molar-refractivity contribution in [3.8, 4) is 0 Å². The highest BCUT2D eigenvalue weighted by atomic mass is 28.2. The highest BCUT2D eigenvalue weighted by Gasteiger charge is 2.01. The van der Waals surface area contributed by atoms with Crippen LogP contribution in [0.25, 0.3) is 0 Å². The van der Waals surface area contributed by atoms with Crippen molar-refractivity contribution in [2.75, 3.05) is 6.61 Å². The molecule has 0 unspecified atom stereocenters. The lowest BCUT2D eigenvalue weighted by Crippen LogP contribution is -2.23. The van der Waals surface area contributed by atoms with Gasteiger partial charge in [-0.3, -0.25) is 0 Å². The summed E-state index contributed by atoms with van der Waals surface area (Å²) in [5, 5.41) is 1.48. The van der Waals surface area contributed by atoms with E-state index in [0.29, 0.717) is 0 Å². The first-order chi connectivity index (χ1) is 6.25. The van der Waals surface area contributed by atoms with Gasteiger partial charge in [-0.25, -0.2) is 0 Å². The highest BCUT2D eigenvalue weighted by molar-refractivity contribution is 6.48. The van der Waals surface area contributed by atoms with E-state index < -0.39 is 9.76 Å². The van der Waals surface area contributed by atoms with Crippen LogP contribution >= 0.6 is 0 Å². The second-order valence-electron chi connectivity index (χ2n) is 3.42. The van der Waals surface area contributed by atoms with Crippen LogP contribution in [0.3, 0.4) is 0 Å². The van der Waals surface area contributed by atoms with Gasteiger partial charge < -0.3 is 4.43 Å². The summed E-state index contributed by atoms with van der Waals surface area (Å²) in [4.78, 5) is 0. The molecule has 1 aromatic carbocycles. The fourth-order valence-corrected chi connectivity index (χ4v) is 2.72. The van der Waals surface area contributed by atoms with Crippen LogP contribution in [0.2, 0.25) is 0 Å². The molecule has 0 heterocycles. The summed E-state index contributed by atoms with van der Waals surface area (Å²) in [5.41, 5.74) is 2.78. The first kappa shape index (κ1) is 10.5. The highest BCUT2D eigenvalue weighted by Crippen LogP contribution is 1.99. The zero-order valence-electron chi connectivity index (χ0n) is 8.76. The molecule has 0 saturated heterocycles. The average Bonchev–Trinajstić information content (AvgIpc) is 2.10. The third-order valence-corrected chi connectivity index (χ3v) is 4.14. The number of hydrogen-bond donors (Lipinski definition) is 0. The zero-order chi connectivity index (χ0) is 9.68. The normalized spacial score (nSPS) is 11.3. The molecule has 13 heavy (non-hydrogen) atoms. The van der Waals surface area contributed by atoms with Gasteiger partial charge in [-0.2, -0.15) is 0 Å². The van der Waals surface area contributed by atoms with Gasteiger partial charge in [0.1, 0.15) is 0 Å². The molecule has 1 nitrogen and oxygen atoms in total. The molecule has 0 N–H and O–H groups in total. The van der Waals surface area contributed by atoms with Gasteiger partial charge >= 0.3 is 0 Å². The largest absolute Gasteiger partial charge is 0.419 e. The van der Waals surface area contributed by atoms with E-state index >= 15 is 0 Å². The third-order valence-electron chi connectivity index (χ3n) is 2.24. The molecule has 0 radical (unpaired) electrons. The van der Waals surface area contributed by atoms with E-state index in [4.69, 9.17) is 4.43 Å². The van der Waals surface area contributed by atoms with Crippen LogP contribution in [0.4, 0.5) is 0 Å². The summed E-state index contributed by atoms with van der Waals surface area (Å²) in [6, 6.07) is 6.46. The minimum Gasteiger partial charge on any atom is -0.419 e. The van der Waals surface area contributed by atoms with Crippen molar-refractivity contribution in [3.63, 3.8) is 0 Å². The van der Waals surface area contributed by atoms with Crippen molar-refractivity contribution in [2.45, 2.75) is 27.2 Å². The Morgan fingerprint density at radius 2 is 1.85 bits per heavy atom. The first-order valence-corrected chi connectivity index (χ1v) is 6.17. The standard InChI is InChI=1S/C11H18OSi/c1-4-8-12-13-11-9(2)6-5-7-10(11)3/h5-7H,4,8,13H2,1-3H3. The van der Waals surface area contributed by atoms with Gasteiger partial charge in [0.2, 0.25) is 0 Å². The Kier molecular flexibility index (Phi) is 4.19. The molecular weight excluding hydrogens is 176 g/mol. The monoisotopic (exact) mass is 194 g/mol. The van der Waals surface area contributed by atoms with Crippen LogP contribution in [-0.2, 0) is 4.43 Å². The van der Waals surface area contributed by atoms with Gasteiger partial charge in [0.15, 0.2) is 9.76 Å². The van der Waals surface area contributed by atoms with Crippen LogP contribution in [0, 0.1) is 13.8 Å². The summed E-state index contributed by atoms with van der Waals surface area (Å²) in [7, 11) is -0.480. The zero-order valence-corrected chi connectivity index (χ0v) is 10.2. The van der Waals surface area contributed by atoms with Crippen molar-refractivity contribution in [1.82, 2.24) is 0 Å². The van der Waals surface area contributed by atoms with Gasteiger partial charge in [-0.15, -0.1) is 0 Å². The number of hydrogen-bond acceptors (Lipinski definition) is 1. The molecule has 0 amide bonds. The maximum Gasteiger partial charge on any atom is 0.192 e. The van der Waals surface area contributed by atoms with Gasteiger partial charge in [0.25, 0.3) is 0 Å². The number of rotatable bonds is 4. The minimum atomic E-state index is -0.480. The molecule has 0 bridgehead atoms. The van der Waals surface area contributed by atoms with E-state index in [1.54, 1.807) is 0 Å². The Labute approximate surface area is 83.1 Å². The van der Waals surface area contributed by atoms with Gasteiger partial charge in [0.05, 0.1) is 0 Å². The van der Waals surface area contributed by atoms with Gasteiger partial charge in [-0.1, -0.05) is 25.1 Å². The second-order valence-corrected chi connectivity index (χ2v) is 4.83.